The van der Waals surface area contributed by atoms with Crippen LogP contribution < -0.4 is 10.6 Å². The van der Waals surface area contributed by atoms with E-state index in [0.29, 0.717) is 0 Å². The summed E-state index contributed by atoms with van der Waals surface area (Å²) in [6, 6.07) is 6.53. The fraction of sp³-hybridized carbons (Fsp3) is 0.292. The van der Waals surface area contributed by atoms with Crippen LogP contribution >= 0.6 is 34.8 Å². The van der Waals surface area contributed by atoms with Crippen LogP contribution in [0.1, 0.15) is 53.1 Å². The Hall–Kier alpha value is -3.89. The molecule has 0 unspecified atom stereocenters. The molecule has 0 bridgehead atoms. The quantitative estimate of drug-likeness (QED) is 0.242. The Kier molecular flexibility index (Phi) is 8.68. The average molecular weight is 667 g/mol. The summed E-state index contributed by atoms with van der Waals surface area (Å²) in [5, 5.41) is 18.4. The van der Waals surface area contributed by atoms with E-state index in [-0.39, 0.29) is 48.2 Å². The molecule has 0 fully saturated rings. The van der Waals surface area contributed by atoms with Gasteiger partial charge >= 0.3 is 12.1 Å². The van der Waals surface area contributed by atoms with Gasteiger partial charge in [-0.25, -0.2) is 14.3 Å². The van der Waals surface area contributed by atoms with Gasteiger partial charge in [0.15, 0.2) is 5.82 Å². The molecule has 3 aromatic heterocycles. The third-order valence-electron chi connectivity index (χ3n) is 5.44. The molecule has 43 heavy (non-hydrogen) atoms. The minimum atomic E-state index is -5.99. The topological polar surface area (TPSA) is 133 Å². The molecule has 3 heterocycles. The lowest BCUT2D eigenvalue weighted by atomic mass is 10.1. The van der Waals surface area contributed by atoms with Crippen LogP contribution in [-0.2, 0) is 12.5 Å². The van der Waals surface area contributed by atoms with Gasteiger partial charge in [-0.05, 0) is 61.5 Å². The number of amides is 2. The number of nitrogens with one attached hydrogen (secondary N) is 2. The molecule has 2 N–H and O–H groups in total. The van der Waals surface area contributed by atoms with Gasteiger partial charge in [-0.2, -0.15) is 27.1 Å². The van der Waals surface area contributed by atoms with Crippen LogP contribution in [0.25, 0.3) is 5.82 Å². The number of aromatic nitrogens is 7. The number of pyridine rings is 1. The highest BCUT2D eigenvalue weighted by molar-refractivity contribution is 6.38. The Morgan fingerprint density at radius 2 is 1.67 bits per heavy atom. The normalized spacial score (nSPS) is 12.3. The molecule has 1 aromatic carbocycles. The minimum absolute atomic E-state index is 0.00712. The van der Waals surface area contributed by atoms with Crippen molar-refractivity contribution in [1.29, 1.82) is 0 Å². The summed E-state index contributed by atoms with van der Waals surface area (Å²) < 4.78 is 68.2. The summed E-state index contributed by atoms with van der Waals surface area (Å²) in [5.41, 5.74) is -1.44. The number of halogens is 8. The monoisotopic (exact) mass is 665 g/mol. The molecule has 11 nitrogen and oxygen atoms in total. The summed E-state index contributed by atoms with van der Waals surface area (Å²) in [5.74, 6) is -8.83. The number of hydrogen-bond acceptors (Lipinski definition) is 7. The molecule has 4 aromatic rings. The molecule has 0 saturated heterocycles. The molecule has 19 heteroatoms. The number of nitrogens with zero attached hydrogens (tertiary/aromatic N) is 7. The molecule has 4 rings (SSSR count). The zero-order valence-electron chi connectivity index (χ0n) is 22.1. The number of carbonyl (C=O) groups is 2. The van der Waals surface area contributed by atoms with E-state index < -0.39 is 41.8 Å². The summed E-state index contributed by atoms with van der Waals surface area (Å²) in [6.45, 7) is 4.37. The van der Waals surface area contributed by atoms with Crippen LogP contribution in [0.4, 0.5) is 27.6 Å². The second kappa shape index (κ2) is 11.7. The van der Waals surface area contributed by atoms with Crippen LogP contribution in [0.5, 0.6) is 0 Å². The van der Waals surface area contributed by atoms with E-state index in [1.54, 1.807) is 20.8 Å². The maximum absolute atomic E-state index is 14.0. The Balaban J connectivity index is 1.78. The highest BCUT2D eigenvalue weighted by Crippen LogP contribution is 2.42. The summed E-state index contributed by atoms with van der Waals surface area (Å²) in [4.78, 5) is 30.7. The fourth-order valence-electron chi connectivity index (χ4n) is 3.65. The maximum Gasteiger partial charge on any atom is 0.461 e. The predicted octanol–water partition coefficient (Wildman–Crippen LogP) is 5.70. The van der Waals surface area contributed by atoms with Crippen molar-refractivity contribution in [1.82, 2.24) is 40.3 Å². The Bertz CT molecular complexity index is 1700. The third-order valence-corrected chi connectivity index (χ3v) is 6.25. The van der Waals surface area contributed by atoms with Crippen molar-refractivity contribution in [2.75, 3.05) is 5.32 Å². The van der Waals surface area contributed by atoms with Crippen molar-refractivity contribution < 1.29 is 31.5 Å². The van der Waals surface area contributed by atoms with Gasteiger partial charge in [0.1, 0.15) is 5.69 Å². The lowest BCUT2D eigenvalue weighted by molar-refractivity contribution is -0.293. The number of benzene rings is 1. The van der Waals surface area contributed by atoms with Crippen LogP contribution in [0.3, 0.4) is 0 Å². The molecule has 0 aliphatic heterocycles. The zero-order chi connectivity index (χ0) is 31.9. The summed E-state index contributed by atoms with van der Waals surface area (Å²) in [6.07, 6.45) is -4.67. The van der Waals surface area contributed by atoms with Crippen LogP contribution in [0.15, 0.2) is 36.5 Å². The molecular weight excluding hydrogens is 648 g/mol. The molecule has 0 spiro atoms. The van der Waals surface area contributed by atoms with Gasteiger partial charge in [0.25, 0.3) is 11.8 Å². The lowest BCUT2D eigenvalue weighted by Gasteiger charge is -2.22. The van der Waals surface area contributed by atoms with Crippen LogP contribution in [0.2, 0.25) is 15.1 Å². The van der Waals surface area contributed by atoms with Gasteiger partial charge in [-0.3, -0.25) is 9.59 Å². The van der Waals surface area contributed by atoms with E-state index in [4.69, 9.17) is 34.8 Å². The van der Waals surface area contributed by atoms with Crippen molar-refractivity contribution in [2.45, 2.75) is 45.0 Å². The molecular formula is C24H19Cl3F5N9O2. The molecule has 0 aliphatic rings. The largest absolute Gasteiger partial charge is 0.461 e. The third kappa shape index (κ3) is 6.86. The fourth-order valence-corrected chi connectivity index (χ4v) is 4.39. The lowest BCUT2D eigenvalue weighted by Crippen LogP contribution is -2.41. The highest BCUT2D eigenvalue weighted by Gasteiger charge is 2.62. The van der Waals surface area contributed by atoms with E-state index in [1.165, 1.54) is 30.5 Å². The summed E-state index contributed by atoms with van der Waals surface area (Å²) >= 11 is 18.7. The molecule has 0 aliphatic carbocycles. The van der Waals surface area contributed by atoms with Crippen molar-refractivity contribution in [3.05, 3.63) is 74.4 Å². The number of alkyl halides is 5. The second-order valence-electron chi connectivity index (χ2n) is 9.94. The Morgan fingerprint density at radius 1 is 0.977 bits per heavy atom. The first-order valence-corrected chi connectivity index (χ1v) is 13.1. The van der Waals surface area contributed by atoms with Gasteiger partial charge < -0.3 is 10.6 Å². The van der Waals surface area contributed by atoms with Crippen molar-refractivity contribution in [3.63, 3.8) is 0 Å². The summed E-state index contributed by atoms with van der Waals surface area (Å²) in [7, 11) is 0. The standard InChI is InChI=1S/C24H19Cl3F5N9O2/c1-22(2,3)35-19(42)13-7-11(25)8-15(27)17(13)34-20(43)16-9-12(37-41(16)18-14(26)5-4-6-33-18)10-40-21(36-38-39-40)23(28,29)24(30,31)32/h4-9H,10H2,1-3H3,(H,34,43)(H,35,42). The van der Waals surface area contributed by atoms with Gasteiger partial charge in [-0.1, -0.05) is 34.8 Å². The number of tetrazole rings is 1. The van der Waals surface area contributed by atoms with Gasteiger partial charge in [0.2, 0.25) is 5.82 Å². The van der Waals surface area contributed by atoms with Crippen molar-refractivity contribution in [3.8, 4) is 5.82 Å². The molecule has 2 amide bonds. The first-order valence-electron chi connectivity index (χ1n) is 11.9. The van der Waals surface area contributed by atoms with Crippen molar-refractivity contribution >= 4 is 52.3 Å². The maximum atomic E-state index is 14.0. The average Bonchev–Trinajstić information content (AvgIpc) is 3.52. The number of anilines is 1. The molecule has 228 valence electrons. The highest BCUT2D eigenvalue weighted by atomic mass is 35.5. The van der Waals surface area contributed by atoms with Gasteiger partial charge in [0.05, 0.1) is 33.5 Å². The molecule has 0 atom stereocenters. The minimum Gasteiger partial charge on any atom is -0.347 e. The van der Waals surface area contributed by atoms with E-state index in [0.717, 1.165) is 10.7 Å². The molecule has 0 radical (unpaired) electrons. The smallest absolute Gasteiger partial charge is 0.347 e. The van der Waals surface area contributed by atoms with Gasteiger partial charge in [0, 0.05) is 16.8 Å². The first kappa shape index (κ1) is 32.0. The number of hydrogen-bond donors (Lipinski definition) is 2. The zero-order valence-corrected chi connectivity index (χ0v) is 24.4. The predicted molar refractivity (Wildman–Crippen MR) is 145 cm³/mol. The van der Waals surface area contributed by atoms with Crippen LogP contribution in [-0.4, -0.2) is 58.5 Å². The first-order chi connectivity index (χ1) is 19.9. The second-order valence-corrected chi connectivity index (χ2v) is 11.2. The SMILES string of the molecule is CC(C)(C)NC(=O)c1cc(Cl)cc(Cl)c1NC(=O)c1cc(Cn2nnnc2C(F)(F)C(F)(F)F)nn1-c1ncccc1Cl. The van der Waals surface area contributed by atoms with E-state index in [1.807, 2.05) is 0 Å². The van der Waals surface area contributed by atoms with E-state index in [2.05, 4.69) is 36.2 Å². The van der Waals surface area contributed by atoms with Gasteiger partial charge in [-0.15, -0.1) is 5.10 Å². The number of rotatable bonds is 7. The Labute approximate surface area is 254 Å². The Morgan fingerprint density at radius 3 is 2.30 bits per heavy atom. The van der Waals surface area contributed by atoms with E-state index in [9.17, 15) is 31.5 Å². The van der Waals surface area contributed by atoms with Crippen molar-refractivity contribution in [2.24, 2.45) is 0 Å². The van der Waals surface area contributed by atoms with Crippen LogP contribution in [0, 0.1) is 0 Å². The van der Waals surface area contributed by atoms with E-state index >= 15 is 0 Å². The molecule has 0 saturated carbocycles. The number of carbonyl (C=O) groups excluding carboxylic acids is 2.